The van der Waals surface area contributed by atoms with Crippen LogP contribution in [0.2, 0.25) is 5.02 Å². The van der Waals surface area contributed by atoms with E-state index >= 15 is 0 Å². The SMILES string of the molecule is C=c1/c(=C\N=CCCC)ccn1C1CCC(C(N)c2ccc(Cl)c(F)c2)O1. The van der Waals surface area contributed by atoms with Gasteiger partial charge in [-0.15, -0.1) is 0 Å². The van der Waals surface area contributed by atoms with Crippen molar-refractivity contribution in [3.63, 3.8) is 0 Å². The molecule has 3 rings (SSSR count). The summed E-state index contributed by atoms with van der Waals surface area (Å²) in [6.07, 6.45) is 9.02. The molecular weight excluding hydrogens is 365 g/mol. The number of aromatic nitrogens is 1. The zero-order chi connectivity index (χ0) is 19.4. The van der Waals surface area contributed by atoms with Crippen LogP contribution in [0.4, 0.5) is 4.39 Å². The standard InChI is InChI=1S/C21H25ClFN3O/c1-3-4-10-25-13-16-9-11-26(14(16)2)20-8-7-19(27-20)21(24)15-5-6-17(22)18(23)12-15/h5-6,9-13,19-21H,2-4,7-8,24H2,1H3/b16-13-,25-10?. The molecule has 2 heterocycles. The fraction of sp³-hybridized carbons (Fsp3) is 0.381. The molecule has 2 N–H and O–H groups in total. The second kappa shape index (κ2) is 8.83. The van der Waals surface area contributed by atoms with Crippen LogP contribution >= 0.6 is 11.6 Å². The Kier molecular flexibility index (Phi) is 6.47. The van der Waals surface area contributed by atoms with E-state index < -0.39 is 11.9 Å². The van der Waals surface area contributed by atoms with Gasteiger partial charge in [0.25, 0.3) is 0 Å². The summed E-state index contributed by atoms with van der Waals surface area (Å²) in [5, 5.41) is 1.93. The molecule has 1 aliphatic rings. The van der Waals surface area contributed by atoms with Gasteiger partial charge in [0.2, 0.25) is 0 Å². The van der Waals surface area contributed by atoms with Gasteiger partial charge in [-0.1, -0.05) is 37.6 Å². The van der Waals surface area contributed by atoms with Crippen molar-refractivity contribution in [2.75, 3.05) is 0 Å². The molecule has 0 saturated carbocycles. The van der Waals surface area contributed by atoms with Gasteiger partial charge < -0.3 is 15.0 Å². The average molecular weight is 390 g/mol. The Morgan fingerprint density at radius 3 is 3.00 bits per heavy atom. The molecule has 0 bridgehead atoms. The van der Waals surface area contributed by atoms with Crippen molar-refractivity contribution in [1.82, 2.24) is 4.57 Å². The predicted octanol–water partition coefficient (Wildman–Crippen LogP) is 3.68. The first-order chi connectivity index (χ1) is 13.0. The molecule has 4 nitrogen and oxygen atoms in total. The molecule has 6 heteroatoms. The van der Waals surface area contributed by atoms with Crippen molar-refractivity contribution in [2.24, 2.45) is 10.7 Å². The highest BCUT2D eigenvalue weighted by Crippen LogP contribution is 2.34. The summed E-state index contributed by atoms with van der Waals surface area (Å²) < 4.78 is 21.9. The van der Waals surface area contributed by atoms with E-state index in [0.717, 1.165) is 36.3 Å². The van der Waals surface area contributed by atoms with E-state index in [1.165, 1.54) is 12.1 Å². The van der Waals surface area contributed by atoms with Crippen molar-refractivity contribution in [3.05, 3.63) is 57.4 Å². The van der Waals surface area contributed by atoms with Crippen molar-refractivity contribution in [3.8, 4) is 0 Å². The maximum atomic E-state index is 13.7. The molecule has 1 fully saturated rings. The summed E-state index contributed by atoms with van der Waals surface area (Å²) in [6.45, 7) is 6.27. The number of unbranched alkanes of at least 4 members (excludes halogenated alkanes) is 1. The minimum atomic E-state index is -0.464. The fourth-order valence-electron chi connectivity index (χ4n) is 3.27. The number of rotatable bonds is 6. The van der Waals surface area contributed by atoms with Crippen LogP contribution in [0.1, 0.15) is 50.4 Å². The summed E-state index contributed by atoms with van der Waals surface area (Å²) in [5.74, 6) is -0.464. The van der Waals surface area contributed by atoms with Gasteiger partial charge in [-0.25, -0.2) is 4.39 Å². The molecule has 1 aromatic carbocycles. The number of hydrogen-bond acceptors (Lipinski definition) is 3. The maximum absolute atomic E-state index is 13.7. The van der Waals surface area contributed by atoms with Crippen LogP contribution < -0.4 is 16.3 Å². The highest BCUT2D eigenvalue weighted by atomic mass is 35.5. The van der Waals surface area contributed by atoms with Crippen LogP contribution in [-0.4, -0.2) is 16.9 Å². The lowest BCUT2D eigenvalue weighted by Gasteiger charge is -2.21. The van der Waals surface area contributed by atoms with Crippen LogP contribution in [0.25, 0.3) is 12.8 Å². The van der Waals surface area contributed by atoms with Crippen LogP contribution in [0.5, 0.6) is 0 Å². The number of nitrogens with two attached hydrogens (primary N) is 1. The Hall–Kier alpha value is -1.95. The summed E-state index contributed by atoms with van der Waals surface area (Å²) >= 11 is 5.75. The fourth-order valence-corrected chi connectivity index (χ4v) is 3.39. The van der Waals surface area contributed by atoms with Gasteiger partial charge in [0.1, 0.15) is 12.0 Å². The normalized spacial score (nSPS) is 22.0. The first kappa shape index (κ1) is 19.8. The molecule has 0 radical (unpaired) electrons. The second-order valence-corrected chi connectivity index (χ2v) is 7.19. The monoisotopic (exact) mass is 389 g/mol. The van der Waals surface area contributed by atoms with Crippen LogP contribution in [-0.2, 0) is 4.74 Å². The van der Waals surface area contributed by atoms with E-state index in [9.17, 15) is 4.39 Å². The summed E-state index contributed by atoms with van der Waals surface area (Å²) in [5.41, 5.74) is 7.00. The topological polar surface area (TPSA) is 52.5 Å². The van der Waals surface area contributed by atoms with E-state index in [2.05, 4.69) is 18.5 Å². The average Bonchev–Trinajstić information content (AvgIpc) is 3.27. The summed E-state index contributed by atoms with van der Waals surface area (Å²) in [6, 6.07) is 6.23. The highest BCUT2D eigenvalue weighted by molar-refractivity contribution is 6.30. The van der Waals surface area contributed by atoms with E-state index in [1.54, 1.807) is 6.07 Å². The van der Waals surface area contributed by atoms with Crippen LogP contribution in [0.3, 0.4) is 0 Å². The minimum Gasteiger partial charge on any atom is -0.353 e. The highest BCUT2D eigenvalue weighted by Gasteiger charge is 2.31. The molecule has 1 saturated heterocycles. The Bertz CT molecular complexity index is 924. The Labute approximate surface area is 163 Å². The Morgan fingerprint density at radius 2 is 2.26 bits per heavy atom. The first-order valence-corrected chi connectivity index (χ1v) is 9.62. The molecule has 1 aliphatic heterocycles. The molecule has 0 aliphatic carbocycles. The molecule has 0 spiro atoms. The number of nitrogens with zero attached hydrogens (tertiary/aromatic N) is 2. The molecule has 3 unspecified atom stereocenters. The smallest absolute Gasteiger partial charge is 0.142 e. The van der Waals surface area contributed by atoms with Crippen molar-refractivity contribution >= 4 is 30.6 Å². The van der Waals surface area contributed by atoms with Gasteiger partial charge in [-0.2, -0.15) is 0 Å². The van der Waals surface area contributed by atoms with Crippen molar-refractivity contribution in [1.29, 1.82) is 0 Å². The van der Waals surface area contributed by atoms with E-state index in [0.29, 0.717) is 5.56 Å². The Morgan fingerprint density at radius 1 is 1.44 bits per heavy atom. The lowest BCUT2D eigenvalue weighted by Crippen LogP contribution is -2.31. The van der Waals surface area contributed by atoms with Gasteiger partial charge >= 0.3 is 0 Å². The summed E-state index contributed by atoms with van der Waals surface area (Å²) in [7, 11) is 0. The molecule has 144 valence electrons. The second-order valence-electron chi connectivity index (χ2n) is 6.78. The third-order valence-corrected chi connectivity index (χ3v) is 5.17. The lowest BCUT2D eigenvalue weighted by molar-refractivity contribution is -0.0108. The molecular formula is C21H25ClFN3O. The van der Waals surface area contributed by atoms with Gasteiger partial charge in [0.15, 0.2) is 0 Å². The number of halogens is 2. The molecule has 2 aromatic rings. The van der Waals surface area contributed by atoms with Crippen molar-refractivity contribution in [2.45, 2.75) is 51.0 Å². The third kappa shape index (κ3) is 4.49. The van der Waals surface area contributed by atoms with E-state index in [1.807, 2.05) is 29.2 Å². The summed E-state index contributed by atoms with van der Waals surface area (Å²) in [4.78, 5) is 4.32. The quantitative estimate of drug-likeness (QED) is 0.766. The van der Waals surface area contributed by atoms with Crippen LogP contribution in [0.15, 0.2) is 35.5 Å². The van der Waals surface area contributed by atoms with Gasteiger partial charge in [-0.3, -0.25) is 4.99 Å². The maximum Gasteiger partial charge on any atom is 0.142 e. The lowest BCUT2D eigenvalue weighted by atomic mass is 10.0. The number of ether oxygens (including phenoxy) is 1. The van der Waals surface area contributed by atoms with E-state index in [-0.39, 0.29) is 17.4 Å². The van der Waals surface area contributed by atoms with Crippen LogP contribution in [0, 0.1) is 5.82 Å². The number of aliphatic imine (C=N–C) groups is 1. The number of benzene rings is 1. The molecule has 0 amide bonds. The van der Waals surface area contributed by atoms with Crippen molar-refractivity contribution < 1.29 is 9.13 Å². The minimum absolute atomic E-state index is 0.0931. The molecule has 1 aromatic heterocycles. The Balaban J connectivity index is 1.71. The van der Waals surface area contributed by atoms with Gasteiger partial charge in [0.05, 0.1) is 17.2 Å². The van der Waals surface area contributed by atoms with E-state index in [4.69, 9.17) is 22.1 Å². The molecule has 27 heavy (non-hydrogen) atoms. The third-order valence-electron chi connectivity index (χ3n) is 4.87. The first-order valence-electron chi connectivity index (χ1n) is 9.25. The molecule has 3 atom stereocenters. The zero-order valence-electron chi connectivity index (χ0n) is 15.4. The van der Waals surface area contributed by atoms with Gasteiger partial charge in [0, 0.05) is 29.2 Å². The zero-order valence-corrected chi connectivity index (χ0v) is 16.2. The predicted molar refractivity (Wildman–Crippen MR) is 109 cm³/mol. The number of hydrogen-bond donors (Lipinski definition) is 1. The van der Waals surface area contributed by atoms with Gasteiger partial charge in [-0.05, 0) is 43.0 Å². The largest absolute Gasteiger partial charge is 0.353 e.